The molecule has 1 heterocycles. The normalized spacial score (nSPS) is 11.2. The number of carbonyl (C=O) groups excluding carboxylic acids is 1. The molecule has 106 valence electrons. The summed E-state index contributed by atoms with van der Waals surface area (Å²) < 4.78 is 5.61. The minimum atomic E-state index is -0.127. The molecule has 3 aromatic rings. The molecule has 0 aliphatic carbocycles. The highest BCUT2D eigenvalue weighted by Crippen LogP contribution is 2.28. The molecule has 0 atom stereocenters. The predicted octanol–water partition coefficient (Wildman–Crippen LogP) is 5.44. The molecule has 0 spiro atoms. The van der Waals surface area contributed by atoms with Crippen molar-refractivity contribution in [2.45, 2.75) is 19.8 Å². The fourth-order valence-electron chi connectivity index (χ4n) is 2.30. The van der Waals surface area contributed by atoms with Crippen molar-refractivity contribution in [3.8, 4) is 0 Å². The van der Waals surface area contributed by atoms with Gasteiger partial charge in [-0.2, -0.15) is 0 Å². The van der Waals surface area contributed by atoms with Crippen LogP contribution in [-0.4, -0.2) is 5.78 Å². The zero-order valence-corrected chi connectivity index (χ0v) is 12.6. The van der Waals surface area contributed by atoms with E-state index in [-0.39, 0.29) is 5.78 Å². The van der Waals surface area contributed by atoms with Crippen LogP contribution in [0.25, 0.3) is 11.0 Å². The number of hydrogen-bond donors (Lipinski definition) is 0. The number of fused-ring (bicyclic) bond motifs is 1. The summed E-state index contributed by atoms with van der Waals surface area (Å²) in [6.07, 6.45) is 0. The average Bonchev–Trinajstić information content (AvgIpc) is 2.92. The molecular formula is C18H15ClO2. The summed E-state index contributed by atoms with van der Waals surface area (Å²) in [5.41, 5.74) is 2.38. The molecule has 2 aromatic carbocycles. The van der Waals surface area contributed by atoms with Crippen LogP contribution in [0.2, 0.25) is 5.02 Å². The molecule has 3 rings (SSSR count). The fraction of sp³-hybridized carbons (Fsp3) is 0.167. The smallest absolute Gasteiger partial charge is 0.228 e. The van der Waals surface area contributed by atoms with Gasteiger partial charge in [0, 0.05) is 10.9 Å². The van der Waals surface area contributed by atoms with E-state index >= 15 is 0 Å². The maximum Gasteiger partial charge on any atom is 0.228 e. The topological polar surface area (TPSA) is 30.2 Å². The van der Waals surface area contributed by atoms with Gasteiger partial charge in [0.15, 0.2) is 11.3 Å². The third-order valence-corrected chi connectivity index (χ3v) is 3.86. The van der Waals surface area contributed by atoms with E-state index in [0.717, 1.165) is 5.39 Å². The average molecular weight is 299 g/mol. The Hall–Kier alpha value is -2.06. The molecule has 0 aliphatic heterocycles. The number of benzene rings is 2. The van der Waals surface area contributed by atoms with Crippen molar-refractivity contribution >= 4 is 28.4 Å². The summed E-state index contributed by atoms with van der Waals surface area (Å²) in [7, 11) is 0. The first-order valence-corrected chi connectivity index (χ1v) is 7.27. The van der Waals surface area contributed by atoms with Crippen molar-refractivity contribution < 1.29 is 9.21 Å². The molecule has 0 bridgehead atoms. The van der Waals surface area contributed by atoms with Gasteiger partial charge in [0.1, 0.15) is 0 Å². The van der Waals surface area contributed by atoms with Crippen molar-refractivity contribution in [3.05, 3.63) is 70.4 Å². The molecular weight excluding hydrogens is 284 g/mol. The Kier molecular flexibility index (Phi) is 3.56. The van der Waals surface area contributed by atoms with Crippen molar-refractivity contribution in [3.63, 3.8) is 0 Å². The SMILES string of the molecule is CC(C)c1ccc(C(=O)c2cc3cccc(Cl)c3o2)cc1. The molecule has 3 heteroatoms. The second-order valence-corrected chi connectivity index (χ2v) is 5.78. The summed E-state index contributed by atoms with van der Waals surface area (Å²) in [4.78, 5) is 12.5. The molecule has 1 aromatic heterocycles. The van der Waals surface area contributed by atoms with E-state index in [1.807, 2.05) is 36.4 Å². The number of furan rings is 1. The maximum atomic E-state index is 12.5. The predicted molar refractivity (Wildman–Crippen MR) is 85.2 cm³/mol. The number of carbonyl (C=O) groups is 1. The molecule has 0 N–H and O–H groups in total. The molecule has 0 unspecified atom stereocenters. The largest absolute Gasteiger partial charge is 0.451 e. The van der Waals surface area contributed by atoms with E-state index in [1.165, 1.54) is 5.56 Å². The monoisotopic (exact) mass is 298 g/mol. The Bertz CT molecular complexity index is 798. The summed E-state index contributed by atoms with van der Waals surface area (Å²) >= 11 is 6.07. The highest BCUT2D eigenvalue weighted by Gasteiger charge is 2.16. The zero-order valence-electron chi connectivity index (χ0n) is 11.9. The van der Waals surface area contributed by atoms with Gasteiger partial charge in [-0.05, 0) is 23.6 Å². The summed E-state index contributed by atoms with van der Waals surface area (Å²) in [5, 5.41) is 1.35. The van der Waals surface area contributed by atoms with Crippen LogP contribution in [0, 0.1) is 0 Å². The minimum absolute atomic E-state index is 0.127. The Morgan fingerprint density at radius 2 is 1.81 bits per heavy atom. The van der Waals surface area contributed by atoms with Gasteiger partial charge >= 0.3 is 0 Å². The van der Waals surface area contributed by atoms with Crippen LogP contribution in [0.1, 0.15) is 41.4 Å². The van der Waals surface area contributed by atoms with Crippen LogP contribution in [0.3, 0.4) is 0 Å². The first-order chi connectivity index (χ1) is 10.1. The van der Waals surface area contributed by atoms with E-state index in [1.54, 1.807) is 12.1 Å². The van der Waals surface area contributed by atoms with Gasteiger partial charge in [-0.25, -0.2) is 0 Å². The van der Waals surface area contributed by atoms with Crippen molar-refractivity contribution in [1.29, 1.82) is 0 Å². The van der Waals surface area contributed by atoms with Crippen LogP contribution >= 0.6 is 11.6 Å². The molecule has 0 radical (unpaired) electrons. The van der Waals surface area contributed by atoms with Gasteiger partial charge in [0.05, 0.1) is 5.02 Å². The van der Waals surface area contributed by atoms with Crippen LogP contribution in [0.15, 0.2) is 52.9 Å². The highest BCUT2D eigenvalue weighted by molar-refractivity contribution is 6.35. The first kappa shape index (κ1) is 13.9. The fourth-order valence-corrected chi connectivity index (χ4v) is 2.52. The lowest BCUT2D eigenvalue weighted by Crippen LogP contribution is -2.00. The third-order valence-electron chi connectivity index (χ3n) is 3.56. The van der Waals surface area contributed by atoms with Gasteiger partial charge in [0.25, 0.3) is 0 Å². The summed E-state index contributed by atoms with van der Waals surface area (Å²) in [6, 6.07) is 14.8. The van der Waals surface area contributed by atoms with Crippen LogP contribution in [-0.2, 0) is 0 Å². The lowest BCUT2D eigenvalue weighted by molar-refractivity contribution is 0.101. The molecule has 0 saturated carbocycles. The van der Waals surface area contributed by atoms with E-state index in [4.69, 9.17) is 16.0 Å². The second kappa shape index (κ2) is 5.38. The molecule has 0 fully saturated rings. The molecule has 0 saturated heterocycles. The van der Waals surface area contributed by atoms with Gasteiger partial charge in [0.2, 0.25) is 5.78 Å². The third kappa shape index (κ3) is 2.59. The number of ketones is 1. The summed E-state index contributed by atoms with van der Waals surface area (Å²) in [6.45, 7) is 4.25. The first-order valence-electron chi connectivity index (χ1n) is 6.89. The van der Waals surface area contributed by atoms with Crippen molar-refractivity contribution in [1.82, 2.24) is 0 Å². The van der Waals surface area contributed by atoms with Gasteiger partial charge in [-0.15, -0.1) is 0 Å². The molecule has 0 amide bonds. The summed E-state index contributed by atoms with van der Waals surface area (Å²) in [5.74, 6) is 0.632. The van der Waals surface area contributed by atoms with Gasteiger partial charge in [-0.3, -0.25) is 4.79 Å². The van der Waals surface area contributed by atoms with E-state index in [2.05, 4.69) is 13.8 Å². The Morgan fingerprint density at radius 3 is 2.43 bits per heavy atom. The molecule has 0 aliphatic rings. The lowest BCUT2D eigenvalue weighted by atomic mass is 10.00. The lowest BCUT2D eigenvalue weighted by Gasteiger charge is -2.05. The van der Waals surface area contributed by atoms with Crippen LogP contribution in [0.4, 0.5) is 0 Å². The van der Waals surface area contributed by atoms with E-state index < -0.39 is 0 Å². The maximum absolute atomic E-state index is 12.5. The minimum Gasteiger partial charge on any atom is -0.451 e. The van der Waals surface area contributed by atoms with Gasteiger partial charge in [-0.1, -0.05) is 61.8 Å². The van der Waals surface area contributed by atoms with Crippen molar-refractivity contribution in [2.24, 2.45) is 0 Å². The quantitative estimate of drug-likeness (QED) is 0.603. The number of rotatable bonds is 3. The number of para-hydroxylation sites is 1. The Balaban J connectivity index is 1.98. The standard InChI is InChI=1S/C18H15ClO2/c1-11(2)12-6-8-13(9-7-12)17(20)16-10-14-4-3-5-15(19)18(14)21-16/h3-11H,1-2H3. The Morgan fingerprint density at radius 1 is 1.10 bits per heavy atom. The van der Waals surface area contributed by atoms with E-state index in [0.29, 0.717) is 27.8 Å². The Labute approximate surface area is 128 Å². The second-order valence-electron chi connectivity index (χ2n) is 5.37. The van der Waals surface area contributed by atoms with Crippen LogP contribution in [0.5, 0.6) is 0 Å². The molecule has 2 nitrogen and oxygen atoms in total. The van der Waals surface area contributed by atoms with E-state index in [9.17, 15) is 4.79 Å². The van der Waals surface area contributed by atoms with Crippen LogP contribution < -0.4 is 0 Å². The highest BCUT2D eigenvalue weighted by atomic mass is 35.5. The number of hydrogen-bond acceptors (Lipinski definition) is 2. The van der Waals surface area contributed by atoms with Gasteiger partial charge < -0.3 is 4.42 Å². The van der Waals surface area contributed by atoms with Crippen molar-refractivity contribution in [2.75, 3.05) is 0 Å². The molecule has 21 heavy (non-hydrogen) atoms. The zero-order chi connectivity index (χ0) is 15.0. The number of halogens is 1.